The van der Waals surface area contributed by atoms with Crippen molar-refractivity contribution in [3.8, 4) is 0 Å². The van der Waals surface area contributed by atoms with Gasteiger partial charge in [-0.05, 0) is 24.6 Å². The maximum Gasteiger partial charge on any atom is 0.254 e. The summed E-state index contributed by atoms with van der Waals surface area (Å²) in [7, 11) is 1.68. The van der Waals surface area contributed by atoms with Gasteiger partial charge in [0.15, 0.2) is 0 Å². The highest BCUT2D eigenvalue weighted by atomic mass is 79.9. The van der Waals surface area contributed by atoms with Crippen LogP contribution in [0.5, 0.6) is 0 Å². The summed E-state index contributed by atoms with van der Waals surface area (Å²) in [5, 5.41) is 0.560. The van der Waals surface area contributed by atoms with Crippen LogP contribution in [0.3, 0.4) is 0 Å². The molecule has 0 spiro atoms. The van der Waals surface area contributed by atoms with E-state index in [1.807, 2.05) is 0 Å². The molecule has 0 aliphatic carbocycles. The molecule has 0 aromatic heterocycles. The van der Waals surface area contributed by atoms with E-state index in [4.69, 9.17) is 16.3 Å². The molecule has 0 bridgehead atoms. The number of halogens is 2. The summed E-state index contributed by atoms with van der Waals surface area (Å²) in [5.41, 5.74) is 0.612. The largest absolute Gasteiger partial charge is 0.380 e. The smallest absolute Gasteiger partial charge is 0.254 e. The number of likely N-dealkylation sites (tertiary alicyclic amines) is 1. The van der Waals surface area contributed by atoms with E-state index in [9.17, 15) is 4.79 Å². The Morgan fingerprint density at radius 3 is 2.88 bits per heavy atom. The number of methoxy groups -OCH3 is 1. The van der Waals surface area contributed by atoms with Crippen LogP contribution < -0.4 is 0 Å². The molecular formula is C12H13BrClNO2. The van der Waals surface area contributed by atoms with Crippen LogP contribution in [0.15, 0.2) is 22.7 Å². The van der Waals surface area contributed by atoms with E-state index in [1.165, 1.54) is 0 Å². The minimum atomic E-state index is 0.00718. The van der Waals surface area contributed by atoms with Gasteiger partial charge in [0.1, 0.15) is 0 Å². The summed E-state index contributed by atoms with van der Waals surface area (Å²) >= 11 is 9.27. The summed E-state index contributed by atoms with van der Waals surface area (Å²) < 4.78 is 6.06. The Morgan fingerprint density at radius 1 is 1.53 bits per heavy atom. The molecule has 1 saturated heterocycles. The van der Waals surface area contributed by atoms with Crippen LogP contribution >= 0.6 is 27.5 Å². The molecule has 1 unspecified atom stereocenters. The topological polar surface area (TPSA) is 29.5 Å². The zero-order valence-electron chi connectivity index (χ0n) is 9.45. The molecule has 1 heterocycles. The molecule has 1 aromatic carbocycles. The lowest BCUT2D eigenvalue weighted by molar-refractivity contribution is 0.0724. The number of ether oxygens (including phenoxy) is 1. The predicted octanol–water partition coefficient (Wildman–Crippen LogP) is 2.96. The van der Waals surface area contributed by atoms with Crippen LogP contribution in [0.2, 0.25) is 5.02 Å². The van der Waals surface area contributed by atoms with Crippen LogP contribution in [0.25, 0.3) is 0 Å². The van der Waals surface area contributed by atoms with Crippen LogP contribution in [0, 0.1) is 0 Å². The van der Waals surface area contributed by atoms with Crippen LogP contribution in [0.1, 0.15) is 16.8 Å². The summed E-state index contributed by atoms with van der Waals surface area (Å²) in [6.07, 6.45) is 1.05. The highest BCUT2D eigenvalue weighted by Gasteiger charge is 2.26. The van der Waals surface area contributed by atoms with Crippen molar-refractivity contribution in [2.45, 2.75) is 12.5 Å². The second-order valence-corrected chi connectivity index (χ2v) is 5.41. The monoisotopic (exact) mass is 317 g/mol. The molecule has 1 fully saturated rings. The SMILES string of the molecule is COC1CCN(C(=O)c2cc(Cl)cc(Br)c2)C1. The third-order valence-corrected chi connectivity index (χ3v) is 3.55. The van der Waals surface area contributed by atoms with Crippen molar-refractivity contribution in [3.63, 3.8) is 0 Å². The zero-order valence-corrected chi connectivity index (χ0v) is 11.8. The van der Waals surface area contributed by atoms with Crippen molar-refractivity contribution in [2.24, 2.45) is 0 Å². The van der Waals surface area contributed by atoms with Gasteiger partial charge in [0.05, 0.1) is 6.10 Å². The summed E-state index contributed by atoms with van der Waals surface area (Å²) in [6, 6.07) is 5.24. The van der Waals surface area contributed by atoms with Crippen molar-refractivity contribution in [3.05, 3.63) is 33.3 Å². The van der Waals surface area contributed by atoms with E-state index in [0.29, 0.717) is 17.1 Å². The Morgan fingerprint density at radius 2 is 2.29 bits per heavy atom. The minimum absolute atomic E-state index is 0.00718. The maximum atomic E-state index is 12.2. The molecule has 5 heteroatoms. The van der Waals surface area contributed by atoms with Gasteiger partial charge in [0.25, 0.3) is 5.91 Å². The number of carbonyl (C=O) groups excluding carboxylic acids is 1. The summed E-state index contributed by atoms with van der Waals surface area (Å²) in [6.45, 7) is 1.39. The van der Waals surface area contributed by atoms with E-state index in [1.54, 1.807) is 30.2 Å². The van der Waals surface area contributed by atoms with Gasteiger partial charge >= 0.3 is 0 Å². The quantitative estimate of drug-likeness (QED) is 0.839. The fraction of sp³-hybridized carbons (Fsp3) is 0.417. The number of rotatable bonds is 2. The van der Waals surface area contributed by atoms with Gasteiger partial charge in [-0.3, -0.25) is 4.79 Å². The highest BCUT2D eigenvalue weighted by Crippen LogP contribution is 2.22. The number of hydrogen-bond donors (Lipinski definition) is 0. The molecule has 17 heavy (non-hydrogen) atoms. The second-order valence-electron chi connectivity index (χ2n) is 4.06. The molecule has 0 radical (unpaired) electrons. The van der Waals surface area contributed by atoms with Gasteiger partial charge in [-0.1, -0.05) is 27.5 Å². The normalized spacial score (nSPS) is 19.7. The summed E-state index contributed by atoms with van der Waals surface area (Å²) in [5.74, 6) is 0.00718. The zero-order chi connectivity index (χ0) is 12.4. The molecular weight excluding hydrogens is 305 g/mol. The molecule has 1 aliphatic heterocycles. The van der Waals surface area contributed by atoms with Crippen LogP contribution in [-0.4, -0.2) is 37.1 Å². The molecule has 1 amide bonds. The molecule has 3 nitrogen and oxygen atoms in total. The summed E-state index contributed by atoms with van der Waals surface area (Å²) in [4.78, 5) is 14.0. The molecule has 0 N–H and O–H groups in total. The number of nitrogens with zero attached hydrogens (tertiary/aromatic N) is 1. The third-order valence-electron chi connectivity index (χ3n) is 2.88. The van der Waals surface area contributed by atoms with Crippen molar-refractivity contribution >= 4 is 33.4 Å². The van der Waals surface area contributed by atoms with Crippen LogP contribution in [0.4, 0.5) is 0 Å². The Hall–Kier alpha value is -0.580. The molecule has 1 aliphatic rings. The van der Waals surface area contributed by atoms with Crippen molar-refractivity contribution in [1.82, 2.24) is 4.90 Å². The average Bonchev–Trinajstić information content (AvgIpc) is 2.75. The Labute approximate surface area is 114 Å². The third kappa shape index (κ3) is 3.00. The first kappa shape index (κ1) is 12.9. The van der Waals surface area contributed by atoms with Gasteiger partial charge in [-0.2, -0.15) is 0 Å². The molecule has 0 saturated carbocycles. The van der Waals surface area contributed by atoms with Gasteiger partial charge in [-0.15, -0.1) is 0 Å². The standard InChI is InChI=1S/C12H13BrClNO2/c1-17-11-2-3-15(7-11)12(16)8-4-9(13)6-10(14)5-8/h4-6,11H,2-3,7H2,1H3. The first-order chi connectivity index (χ1) is 8.10. The Kier molecular flexibility index (Phi) is 4.07. The molecule has 92 valence electrons. The van der Waals surface area contributed by atoms with E-state index >= 15 is 0 Å². The Bertz CT molecular complexity index is 418. The Balaban J connectivity index is 2.14. The first-order valence-electron chi connectivity index (χ1n) is 5.38. The fourth-order valence-corrected chi connectivity index (χ4v) is 2.83. The van der Waals surface area contributed by atoms with Gasteiger partial charge < -0.3 is 9.64 Å². The van der Waals surface area contributed by atoms with Crippen LogP contribution in [-0.2, 0) is 4.74 Å². The fourth-order valence-electron chi connectivity index (χ4n) is 1.96. The van der Waals surface area contributed by atoms with Crippen molar-refractivity contribution in [2.75, 3.05) is 20.2 Å². The number of hydrogen-bond acceptors (Lipinski definition) is 2. The van der Waals surface area contributed by atoms with E-state index < -0.39 is 0 Å². The van der Waals surface area contributed by atoms with E-state index in [0.717, 1.165) is 17.4 Å². The van der Waals surface area contributed by atoms with Gasteiger partial charge in [-0.25, -0.2) is 0 Å². The van der Waals surface area contributed by atoms with Crippen molar-refractivity contribution in [1.29, 1.82) is 0 Å². The van der Waals surface area contributed by atoms with Gasteiger partial charge in [0.2, 0.25) is 0 Å². The molecule has 1 aromatic rings. The lowest BCUT2D eigenvalue weighted by Gasteiger charge is -2.16. The number of carbonyl (C=O) groups is 1. The minimum Gasteiger partial charge on any atom is -0.380 e. The number of amides is 1. The van der Waals surface area contributed by atoms with E-state index in [-0.39, 0.29) is 12.0 Å². The molecule has 1 atom stereocenters. The maximum absolute atomic E-state index is 12.2. The lowest BCUT2D eigenvalue weighted by atomic mass is 10.2. The molecule has 2 rings (SSSR count). The van der Waals surface area contributed by atoms with E-state index in [2.05, 4.69) is 15.9 Å². The van der Waals surface area contributed by atoms with Crippen molar-refractivity contribution < 1.29 is 9.53 Å². The first-order valence-corrected chi connectivity index (χ1v) is 6.55. The predicted molar refractivity (Wildman–Crippen MR) is 70.5 cm³/mol. The highest BCUT2D eigenvalue weighted by molar-refractivity contribution is 9.10. The van der Waals surface area contributed by atoms with Gasteiger partial charge in [0, 0.05) is 35.3 Å². The second kappa shape index (κ2) is 5.38. The number of benzene rings is 1. The lowest BCUT2D eigenvalue weighted by Crippen LogP contribution is -2.29. The average molecular weight is 319 g/mol.